The lowest BCUT2D eigenvalue weighted by Crippen LogP contribution is -2.41. The third-order valence-corrected chi connectivity index (χ3v) is 5.75. The maximum absolute atomic E-state index is 12.6. The minimum absolute atomic E-state index is 0.102. The number of esters is 1. The molecule has 2 aromatic carbocycles. The van der Waals surface area contributed by atoms with E-state index in [1.165, 1.54) is 17.7 Å². The van der Waals surface area contributed by atoms with E-state index in [9.17, 15) is 9.59 Å². The molecule has 1 aliphatic rings. The molecule has 1 aliphatic heterocycles. The molecule has 0 N–H and O–H groups in total. The fourth-order valence-electron chi connectivity index (χ4n) is 3.59. The van der Waals surface area contributed by atoms with Gasteiger partial charge in [-0.1, -0.05) is 53.5 Å². The number of rotatable bonds is 7. The summed E-state index contributed by atoms with van der Waals surface area (Å²) in [5, 5.41) is 0.333. The number of hydrogen-bond acceptors (Lipinski definition) is 4. The molecule has 160 valence electrons. The summed E-state index contributed by atoms with van der Waals surface area (Å²) in [4.78, 5) is 26.2. The van der Waals surface area contributed by atoms with E-state index in [4.69, 9.17) is 32.7 Å². The number of ether oxygens (including phenoxy) is 2. The first kappa shape index (κ1) is 22.4. The fourth-order valence-corrected chi connectivity index (χ4v) is 4.19. The Morgan fingerprint density at radius 2 is 1.70 bits per heavy atom. The standard InChI is InChI=1S/C23H25Cl2NO4/c1-2-29-23(28)18-13-19(24)22(20(25)14-18)30-15-21(27)26-10-8-17(9-11-26)12-16-6-4-3-5-7-16/h3-7,13-14,17H,2,8-12,15H2,1H3. The molecule has 5 nitrogen and oxygen atoms in total. The number of carbonyl (C=O) groups is 2. The number of benzene rings is 2. The number of likely N-dealkylation sites (tertiary alicyclic amines) is 1. The van der Waals surface area contributed by atoms with Gasteiger partial charge in [-0.05, 0) is 49.8 Å². The highest BCUT2D eigenvalue weighted by molar-refractivity contribution is 6.37. The number of amides is 1. The molecule has 1 heterocycles. The van der Waals surface area contributed by atoms with Gasteiger partial charge in [0, 0.05) is 13.1 Å². The van der Waals surface area contributed by atoms with E-state index in [0.29, 0.717) is 19.0 Å². The van der Waals surface area contributed by atoms with Crippen LogP contribution in [-0.4, -0.2) is 43.1 Å². The molecule has 0 aromatic heterocycles. The molecule has 0 aliphatic carbocycles. The average molecular weight is 450 g/mol. The van der Waals surface area contributed by atoms with Gasteiger partial charge in [0.25, 0.3) is 5.91 Å². The maximum atomic E-state index is 12.6. The Morgan fingerprint density at radius 3 is 2.30 bits per heavy atom. The van der Waals surface area contributed by atoms with Crippen molar-refractivity contribution in [1.82, 2.24) is 4.90 Å². The van der Waals surface area contributed by atoms with E-state index >= 15 is 0 Å². The molecular formula is C23H25Cl2NO4. The highest BCUT2D eigenvalue weighted by Crippen LogP contribution is 2.34. The maximum Gasteiger partial charge on any atom is 0.338 e. The lowest BCUT2D eigenvalue weighted by Gasteiger charge is -2.32. The van der Waals surface area contributed by atoms with Crippen LogP contribution in [0.5, 0.6) is 5.75 Å². The van der Waals surface area contributed by atoms with Crippen LogP contribution in [0.25, 0.3) is 0 Å². The summed E-state index contributed by atoms with van der Waals surface area (Å²) in [6.45, 7) is 3.24. The predicted octanol–water partition coefficient (Wildman–Crippen LogP) is 5.03. The quantitative estimate of drug-likeness (QED) is 0.556. The van der Waals surface area contributed by atoms with Gasteiger partial charge in [0.1, 0.15) is 0 Å². The zero-order chi connectivity index (χ0) is 21.5. The third kappa shape index (κ3) is 5.89. The minimum atomic E-state index is -0.512. The van der Waals surface area contributed by atoms with Gasteiger partial charge in [-0.3, -0.25) is 4.79 Å². The van der Waals surface area contributed by atoms with Crippen LogP contribution in [0.2, 0.25) is 10.0 Å². The van der Waals surface area contributed by atoms with Crippen LogP contribution in [0.15, 0.2) is 42.5 Å². The largest absolute Gasteiger partial charge is 0.481 e. The van der Waals surface area contributed by atoms with E-state index < -0.39 is 5.97 Å². The highest BCUT2D eigenvalue weighted by Gasteiger charge is 2.24. The summed E-state index contributed by atoms with van der Waals surface area (Å²) in [5.74, 6) is 0.160. The van der Waals surface area contributed by atoms with E-state index in [1.54, 1.807) is 6.92 Å². The van der Waals surface area contributed by atoms with Gasteiger partial charge < -0.3 is 14.4 Å². The molecule has 7 heteroatoms. The van der Waals surface area contributed by atoms with E-state index in [2.05, 4.69) is 24.3 Å². The van der Waals surface area contributed by atoms with Gasteiger partial charge in [-0.15, -0.1) is 0 Å². The number of carbonyl (C=O) groups excluding carboxylic acids is 2. The van der Waals surface area contributed by atoms with Gasteiger partial charge in [0.15, 0.2) is 12.4 Å². The molecule has 0 bridgehead atoms. The fraction of sp³-hybridized carbons (Fsp3) is 0.391. The zero-order valence-corrected chi connectivity index (χ0v) is 18.4. The molecule has 1 amide bonds. The number of nitrogens with zero attached hydrogens (tertiary/aromatic N) is 1. The average Bonchev–Trinajstić information content (AvgIpc) is 2.74. The zero-order valence-electron chi connectivity index (χ0n) is 16.9. The molecule has 2 aromatic rings. The Morgan fingerprint density at radius 1 is 1.07 bits per heavy atom. The minimum Gasteiger partial charge on any atom is -0.481 e. The molecule has 0 spiro atoms. The van der Waals surface area contributed by atoms with Crippen molar-refractivity contribution in [3.8, 4) is 5.75 Å². The summed E-state index contributed by atoms with van der Waals surface area (Å²) in [7, 11) is 0. The van der Waals surface area contributed by atoms with Crippen molar-refractivity contribution in [2.45, 2.75) is 26.2 Å². The van der Waals surface area contributed by atoms with Gasteiger partial charge in [-0.25, -0.2) is 4.79 Å². The normalized spacial score (nSPS) is 14.4. The van der Waals surface area contributed by atoms with Crippen LogP contribution in [-0.2, 0) is 16.0 Å². The SMILES string of the molecule is CCOC(=O)c1cc(Cl)c(OCC(=O)N2CCC(Cc3ccccc3)CC2)c(Cl)c1. The predicted molar refractivity (Wildman–Crippen MR) is 117 cm³/mol. The van der Waals surface area contributed by atoms with E-state index in [-0.39, 0.29) is 40.5 Å². The van der Waals surface area contributed by atoms with Crippen LogP contribution in [0.4, 0.5) is 0 Å². The van der Waals surface area contributed by atoms with Crippen LogP contribution in [0.1, 0.15) is 35.7 Å². The van der Waals surface area contributed by atoms with Crippen LogP contribution < -0.4 is 4.74 Å². The van der Waals surface area contributed by atoms with Crippen LogP contribution >= 0.6 is 23.2 Å². The summed E-state index contributed by atoms with van der Waals surface area (Å²) in [5.41, 5.74) is 1.58. The molecular weight excluding hydrogens is 425 g/mol. The first-order valence-electron chi connectivity index (χ1n) is 10.1. The van der Waals surface area contributed by atoms with Crippen LogP contribution in [0.3, 0.4) is 0 Å². The number of hydrogen-bond donors (Lipinski definition) is 0. The summed E-state index contributed by atoms with van der Waals surface area (Å²) in [6, 6.07) is 13.3. The molecule has 0 radical (unpaired) electrons. The summed E-state index contributed by atoms with van der Waals surface area (Å²) in [6.07, 6.45) is 2.98. The van der Waals surface area contributed by atoms with E-state index in [1.807, 2.05) is 11.0 Å². The first-order valence-corrected chi connectivity index (χ1v) is 10.8. The van der Waals surface area contributed by atoms with Gasteiger partial charge in [0.05, 0.1) is 22.2 Å². The molecule has 0 atom stereocenters. The Balaban J connectivity index is 1.51. The second-order valence-corrected chi connectivity index (χ2v) is 8.11. The van der Waals surface area contributed by atoms with Crippen molar-refractivity contribution in [3.63, 3.8) is 0 Å². The highest BCUT2D eigenvalue weighted by atomic mass is 35.5. The second kappa shape index (κ2) is 10.7. The van der Waals surface area contributed by atoms with Crippen LogP contribution in [0, 0.1) is 5.92 Å². The first-order chi connectivity index (χ1) is 14.5. The van der Waals surface area contributed by atoms with Gasteiger partial charge in [-0.2, -0.15) is 0 Å². The Bertz CT molecular complexity index is 857. The smallest absolute Gasteiger partial charge is 0.338 e. The summed E-state index contributed by atoms with van der Waals surface area (Å²) < 4.78 is 10.5. The molecule has 0 saturated carbocycles. The Hall–Kier alpha value is -2.24. The van der Waals surface area contributed by atoms with Crippen molar-refractivity contribution < 1.29 is 19.1 Å². The molecule has 1 saturated heterocycles. The molecule has 0 unspecified atom stereocenters. The van der Waals surface area contributed by atoms with Crippen molar-refractivity contribution in [3.05, 3.63) is 63.6 Å². The summed E-state index contributed by atoms with van der Waals surface area (Å²) >= 11 is 12.4. The van der Waals surface area contributed by atoms with Gasteiger partial charge >= 0.3 is 5.97 Å². The van der Waals surface area contributed by atoms with Crippen molar-refractivity contribution in [2.24, 2.45) is 5.92 Å². The number of halogens is 2. The lowest BCUT2D eigenvalue weighted by molar-refractivity contribution is -0.134. The third-order valence-electron chi connectivity index (χ3n) is 5.18. The molecule has 1 fully saturated rings. The Kier molecular flexibility index (Phi) is 8.00. The van der Waals surface area contributed by atoms with E-state index in [0.717, 1.165) is 19.3 Å². The Labute approximate surface area is 186 Å². The lowest BCUT2D eigenvalue weighted by atomic mass is 9.90. The topological polar surface area (TPSA) is 55.8 Å². The van der Waals surface area contributed by atoms with Crippen molar-refractivity contribution in [2.75, 3.05) is 26.3 Å². The number of piperidine rings is 1. The van der Waals surface area contributed by atoms with Gasteiger partial charge in [0.2, 0.25) is 0 Å². The second-order valence-electron chi connectivity index (χ2n) is 7.29. The van der Waals surface area contributed by atoms with Crippen molar-refractivity contribution in [1.29, 1.82) is 0 Å². The monoisotopic (exact) mass is 449 g/mol. The molecule has 30 heavy (non-hydrogen) atoms. The van der Waals surface area contributed by atoms with Crippen molar-refractivity contribution >= 4 is 35.1 Å². The molecule has 3 rings (SSSR count).